The van der Waals surface area contributed by atoms with Gasteiger partial charge in [0.25, 0.3) is 5.91 Å². The Labute approximate surface area is 179 Å². The van der Waals surface area contributed by atoms with Crippen LogP contribution in [0.2, 0.25) is 0 Å². The Kier molecular flexibility index (Phi) is 6.57. The first kappa shape index (κ1) is 20.3. The molecule has 1 N–H and O–H groups in total. The van der Waals surface area contributed by atoms with Crippen molar-refractivity contribution in [2.24, 2.45) is 0 Å². The summed E-state index contributed by atoms with van der Waals surface area (Å²) in [6, 6.07) is 18.0. The molecule has 5 nitrogen and oxygen atoms in total. The summed E-state index contributed by atoms with van der Waals surface area (Å²) in [6.45, 7) is 0. The lowest BCUT2D eigenvalue weighted by Crippen LogP contribution is -2.25. The van der Waals surface area contributed by atoms with Crippen LogP contribution in [0.4, 0.5) is 5.69 Å². The number of carbonyl (C=O) groups is 2. The monoisotopic (exact) mass is 421 g/mol. The van der Waals surface area contributed by atoms with E-state index in [4.69, 9.17) is 9.47 Å². The second-order valence-corrected chi connectivity index (χ2v) is 8.02. The molecule has 30 heavy (non-hydrogen) atoms. The molecule has 6 heteroatoms. The zero-order chi connectivity index (χ0) is 20.8. The quantitative estimate of drug-likeness (QED) is 0.398. The molecule has 4 rings (SSSR count). The molecule has 1 aromatic heterocycles. The number of amides is 1. The zero-order valence-electron chi connectivity index (χ0n) is 16.5. The SMILES string of the molecule is O=C(Nc1ccc(OC(=O)C(OC2CCCC2)c2ccccc2)cc1)c1ccsc1. The molecule has 1 heterocycles. The number of rotatable bonds is 7. The van der Waals surface area contributed by atoms with E-state index < -0.39 is 12.1 Å². The topological polar surface area (TPSA) is 64.6 Å². The number of benzene rings is 2. The molecule has 0 bridgehead atoms. The largest absolute Gasteiger partial charge is 0.424 e. The molecule has 1 unspecified atom stereocenters. The first-order chi connectivity index (χ1) is 14.7. The highest BCUT2D eigenvalue weighted by molar-refractivity contribution is 7.08. The molecular weight excluding hydrogens is 398 g/mol. The van der Waals surface area contributed by atoms with Gasteiger partial charge >= 0.3 is 5.97 Å². The van der Waals surface area contributed by atoms with Crippen molar-refractivity contribution in [3.05, 3.63) is 82.6 Å². The third-order valence-electron chi connectivity index (χ3n) is 5.06. The number of anilines is 1. The number of hydrogen-bond donors (Lipinski definition) is 1. The third-order valence-corrected chi connectivity index (χ3v) is 5.74. The van der Waals surface area contributed by atoms with Gasteiger partial charge in [0, 0.05) is 11.1 Å². The Morgan fingerprint density at radius 3 is 2.37 bits per heavy atom. The summed E-state index contributed by atoms with van der Waals surface area (Å²) in [5, 5.41) is 6.47. The molecule has 1 aliphatic rings. The van der Waals surface area contributed by atoms with E-state index in [0.29, 0.717) is 17.0 Å². The van der Waals surface area contributed by atoms with E-state index in [2.05, 4.69) is 5.32 Å². The van der Waals surface area contributed by atoms with E-state index in [1.165, 1.54) is 11.3 Å². The van der Waals surface area contributed by atoms with Crippen molar-refractivity contribution in [2.45, 2.75) is 37.9 Å². The lowest BCUT2D eigenvalue weighted by atomic mass is 10.1. The third kappa shape index (κ3) is 5.14. The van der Waals surface area contributed by atoms with E-state index in [1.54, 1.807) is 35.7 Å². The lowest BCUT2D eigenvalue weighted by Gasteiger charge is -2.21. The Balaban J connectivity index is 1.42. The molecule has 0 radical (unpaired) electrons. The molecule has 1 fully saturated rings. The first-order valence-corrected chi connectivity index (χ1v) is 11.0. The van der Waals surface area contributed by atoms with Crippen LogP contribution in [-0.4, -0.2) is 18.0 Å². The normalized spacial score (nSPS) is 14.9. The molecule has 1 atom stereocenters. The maximum atomic E-state index is 12.9. The van der Waals surface area contributed by atoms with E-state index in [0.717, 1.165) is 31.2 Å². The number of ether oxygens (including phenoxy) is 2. The van der Waals surface area contributed by atoms with Gasteiger partial charge in [0.15, 0.2) is 6.10 Å². The average Bonchev–Trinajstić information content (AvgIpc) is 3.48. The molecule has 1 aliphatic carbocycles. The van der Waals surface area contributed by atoms with Gasteiger partial charge in [-0.15, -0.1) is 0 Å². The number of carbonyl (C=O) groups excluding carboxylic acids is 2. The summed E-state index contributed by atoms with van der Waals surface area (Å²) < 4.78 is 11.7. The van der Waals surface area contributed by atoms with Gasteiger partial charge in [-0.3, -0.25) is 4.79 Å². The van der Waals surface area contributed by atoms with Crippen LogP contribution in [0.3, 0.4) is 0 Å². The molecule has 0 saturated heterocycles. The maximum Gasteiger partial charge on any atom is 0.345 e. The highest BCUT2D eigenvalue weighted by Gasteiger charge is 2.28. The van der Waals surface area contributed by atoms with Gasteiger partial charge in [0.1, 0.15) is 5.75 Å². The molecule has 2 aromatic carbocycles. The highest BCUT2D eigenvalue weighted by atomic mass is 32.1. The zero-order valence-corrected chi connectivity index (χ0v) is 17.3. The Hall–Kier alpha value is -2.96. The standard InChI is InChI=1S/C24H23NO4S/c26-23(18-14-15-30-16-18)25-19-10-12-21(13-11-19)29-24(27)22(17-6-2-1-3-7-17)28-20-8-4-5-9-20/h1-3,6-7,10-16,20,22H,4-5,8-9H2,(H,25,26). The first-order valence-electron chi connectivity index (χ1n) is 10.0. The van der Waals surface area contributed by atoms with Crippen LogP contribution in [0, 0.1) is 0 Å². The summed E-state index contributed by atoms with van der Waals surface area (Å²) >= 11 is 1.47. The van der Waals surface area contributed by atoms with Crippen molar-refractivity contribution in [1.29, 1.82) is 0 Å². The van der Waals surface area contributed by atoms with Crippen LogP contribution in [0.15, 0.2) is 71.4 Å². The molecule has 1 saturated carbocycles. The van der Waals surface area contributed by atoms with Crippen molar-refractivity contribution in [1.82, 2.24) is 0 Å². The van der Waals surface area contributed by atoms with E-state index in [1.807, 2.05) is 35.7 Å². The highest BCUT2D eigenvalue weighted by Crippen LogP contribution is 2.29. The lowest BCUT2D eigenvalue weighted by molar-refractivity contribution is -0.151. The number of hydrogen-bond acceptors (Lipinski definition) is 5. The van der Waals surface area contributed by atoms with Crippen molar-refractivity contribution >= 4 is 28.9 Å². The van der Waals surface area contributed by atoms with Gasteiger partial charge in [0.2, 0.25) is 0 Å². The van der Waals surface area contributed by atoms with Crippen LogP contribution in [-0.2, 0) is 9.53 Å². The van der Waals surface area contributed by atoms with Crippen molar-refractivity contribution in [2.75, 3.05) is 5.32 Å². The summed E-state index contributed by atoms with van der Waals surface area (Å²) in [6.07, 6.45) is 3.51. The van der Waals surface area contributed by atoms with E-state index in [-0.39, 0.29) is 12.0 Å². The molecule has 0 spiro atoms. The minimum absolute atomic E-state index is 0.0810. The molecule has 154 valence electrons. The predicted molar refractivity (Wildman–Crippen MR) is 117 cm³/mol. The van der Waals surface area contributed by atoms with Crippen LogP contribution in [0.5, 0.6) is 5.75 Å². The Morgan fingerprint density at radius 2 is 1.70 bits per heavy atom. The summed E-state index contributed by atoms with van der Waals surface area (Å²) in [5.74, 6) is -0.206. The fourth-order valence-corrected chi connectivity index (χ4v) is 4.12. The van der Waals surface area contributed by atoms with Gasteiger partial charge < -0.3 is 14.8 Å². The van der Waals surface area contributed by atoms with Gasteiger partial charge in [-0.05, 0) is 54.1 Å². The van der Waals surface area contributed by atoms with E-state index in [9.17, 15) is 9.59 Å². The molecule has 0 aliphatic heterocycles. The van der Waals surface area contributed by atoms with E-state index >= 15 is 0 Å². The number of thiophene rings is 1. The van der Waals surface area contributed by atoms with Gasteiger partial charge in [0.05, 0.1) is 11.7 Å². The second kappa shape index (κ2) is 9.69. The smallest absolute Gasteiger partial charge is 0.345 e. The average molecular weight is 422 g/mol. The van der Waals surface area contributed by atoms with Crippen LogP contribution in [0.1, 0.15) is 47.7 Å². The summed E-state index contributed by atoms with van der Waals surface area (Å²) in [5.41, 5.74) is 2.03. The fourth-order valence-electron chi connectivity index (χ4n) is 3.49. The van der Waals surface area contributed by atoms with Crippen LogP contribution < -0.4 is 10.1 Å². The second-order valence-electron chi connectivity index (χ2n) is 7.24. The van der Waals surface area contributed by atoms with Crippen LogP contribution in [0.25, 0.3) is 0 Å². The number of nitrogens with one attached hydrogen (secondary N) is 1. The van der Waals surface area contributed by atoms with Gasteiger partial charge in [-0.2, -0.15) is 11.3 Å². The Bertz CT molecular complexity index is 964. The van der Waals surface area contributed by atoms with Crippen molar-refractivity contribution < 1.29 is 19.1 Å². The molecule has 1 amide bonds. The molecular formula is C24H23NO4S. The van der Waals surface area contributed by atoms with Crippen LogP contribution >= 0.6 is 11.3 Å². The van der Waals surface area contributed by atoms with Crippen molar-refractivity contribution in [3.8, 4) is 5.75 Å². The van der Waals surface area contributed by atoms with Gasteiger partial charge in [-0.25, -0.2) is 4.79 Å². The fraction of sp³-hybridized carbons (Fsp3) is 0.250. The Morgan fingerprint density at radius 1 is 0.967 bits per heavy atom. The molecule has 3 aromatic rings. The minimum Gasteiger partial charge on any atom is -0.424 e. The summed E-state index contributed by atoms with van der Waals surface area (Å²) in [4.78, 5) is 25.0. The van der Waals surface area contributed by atoms with Gasteiger partial charge in [-0.1, -0.05) is 43.2 Å². The number of esters is 1. The summed E-state index contributed by atoms with van der Waals surface area (Å²) in [7, 11) is 0. The minimum atomic E-state index is -0.757. The predicted octanol–water partition coefficient (Wildman–Crippen LogP) is 5.61. The van der Waals surface area contributed by atoms with Crippen molar-refractivity contribution in [3.63, 3.8) is 0 Å². The maximum absolute atomic E-state index is 12.9.